The molecule has 76 valence electrons. The SMILES string of the molecule is CN1CCc2ccc([B-](F)(F)F)cc21. The number of hydrogen-bond acceptors (Lipinski definition) is 1. The second-order valence-corrected chi connectivity index (χ2v) is 3.63. The number of anilines is 1. The van der Waals surface area contributed by atoms with Gasteiger partial charge in [0.15, 0.2) is 0 Å². The molecule has 0 radical (unpaired) electrons. The molecule has 0 fully saturated rings. The highest BCUT2D eigenvalue weighted by Gasteiger charge is 2.27. The van der Waals surface area contributed by atoms with Crippen molar-refractivity contribution in [3.05, 3.63) is 23.8 Å². The van der Waals surface area contributed by atoms with Crippen molar-refractivity contribution in [2.75, 3.05) is 18.5 Å². The first-order chi connectivity index (χ1) is 6.48. The van der Waals surface area contributed by atoms with Crippen molar-refractivity contribution < 1.29 is 12.9 Å². The Labute approximate surface area is 80.6 Å². The van der Waals surface area contributed by atoms with Gasteiger partial charge in [-0.15, -0.1) is 5.46 Å². The third kappa shape index (κ3) is 1.47. The lowest BCUT2D eigenvalue weighted by Crippen LogP contribution is -2.34. The van der Waals surface area contributed by atoms with E-state index in [1.165, 1.54) is 12.1 Å². The van der Waals surface area contributed by atoms with Crippen molar-refractivity contribution in [2.24, 2.45) is 0 Å². The van der Waals surface area contributed by atoms with Crippen LogP contribution >= 0.6 is 0 Å². The zero-order valence-corrected chi connectivity index (χ0v) is 7.80. The summed E-state index contributed by atoms with van der Waals surface area (Å²) in [4.78, 5) is 1.86. The normalized spacial score (nSPS) is 15.9. The van der Waals surface area contributed by atoms with Crippen LogP contribution in [0, 0.1) is 0 Å². The van der Waals surface area contributed by atoms with E-state index in [4.69, 9.17) is 0 Å². The van der Waals surface area contributed by atoms with Crippen LogP contribution < -0.4 is 10.4 Å². The minimum atomic E-state index is -4.87. The lowest BCUT2D eigenvalue weighted by molar-refractivity contribution is 0.501. The van der Waals surface area contributed by atoms with Crippen molar-refractivity contribution in [3.63, 3.8) is 0 Å². The molecule has 1 aromatic carbocycles. The van der Waals surface area contributed by atoms with Crippen LogP contribution in [0.5, 0.6) is 0 Å². The van der Waals surface area contributed by atoms with Gasteiger partial charge in [0.2, 0.25) is 0 Å². The van der Waals surface area contributed by atoms with E-state index in [0.717, 1.165) is 24.2 Å². The molecular formula is C9H10BF3N-. The maximum absolute atomic E-state index is 12.4. The molecule has 1 nitrogen and oxygen atoms in total. The van der Waals surface area contributed by atoms with Crippen molar-refractivity contribution >= 4 is 18.1 Å². The molecule has 2 rings (SSSR count). The molecule has 14 heavy (non-hydrogen) atoms. The predicted octanol–water partition coefficient (Wildman–Crippen LogP) is 1.73. The molecule has 0 amide bonds. The largest absolute Gasteiger partial charge is 0.509 e. The smallest absolute Gasteiger partial charge is 0.445 e. The monoisotopic (exact) mass is 200 g/mol. The second kappa shape index (κ2) is 2.93. The first kappa shape index (κ1) is 9.43. The summed E-state index contributed by atoms with van der Waals surface area (Å²) in [6.45, 7) is -4.06. The molecule has 0 saturated heterocycles. The number of fused-ring (bicyclic) bond motifs is 1. The van der Waals surface area contributed by atoms with Crippen LogP contribution in [-0.2, 0) is 6.42 Å². The third-order valence-corrected chi connectivity index (χ3v) is 2.62. The Morgan fingerprint density at radius 1 is 1.29 bits per heavy atom. The highest BCUT2D eigenvalue weighted by Crippen LogP contribution is 2.26. The van der Waals surface area contributed by atoms with Crippen LogP contribution in [0.1, 0.15) is 5.56 Å². The fourth-order valence-electron chi connectivity index (χ4n) is 1.76. The lowest BCUT2D eigenvalue weighted by atomic mass is 9.79. The molecule has 1 aliphatic rings. The number of hydrogen-bond donors (Lipinski definition) is 0. The Kier molecular flexibility index (Phi) is 1.98. The average molecular weight is 200 g/mol. The van der Waals surface area contributed by atoms with Crippen LogP contribution in [0.3, 0.4) is 0 Å². The van der Waals surface area contributed by atoms with Crippen molar-refractivity contribution in [3.8, 4) is 0 Å². The summed E-state index contributed by atoms with van der Waals surface area (Å²) in [6, 6.07) is 4.02. The van der Waals surface area contributed by atoms with E-state index in [1.807, 2.05) is 11.9 Å². The quantitative estimate of drug-likeness (QED) is 0.624. The van der Waals surface area contributed by atoms with Gasteiger partial charge in [-0.3, -0.25) is 0 Å². The van der Waals surface area contributed by atoms with Crippen molar-refractivity contribution in [1.29, 1.82) is 0 Å². The lowest BCUT2D eigenvalue weighted by Gasteiger charge is -2.18. The van der Waals surface area contributed by atoms with Gasteiger partial charge in [0.25, 0.3) is 0 Å². The van der Waals surface area contributed by atoms with E-state index in [9.17, 15) is 12.9 Å². The van der Waals surface area contributed by atoms with Gasteiger partial charge in [0.1, 0.15) is 0 Å². The fraction of sp³-hybridized carbons (Fsp3) is 0.333. The topological polar surface area (TPSA) is 3.24 Å². The van der Waals surface area contributed by atoms with E-state index in [0.29, 0.717) is 0 Å². The predicted molar refractivity (Wildman–Crippen MR) is 52.1 cm³/mol. The summed E-state index contributed by atoms with van der Waals surface area (Å²) in [6.07, 6.45) is 0.844. The number of halogens is 3. The molecule has 0 unspecified atom stereocenters. The Morgan fingerprint density at radius 2 is 2.00 bits per heavy atom. The Bertz CT molecular complexity index is 362. The Hall–Kier alpha value is -1.13. The fourth-order valence-corrected chi connectivity index (χ4v) is 1.76. The maximum Gasteiger partial charge on any atom is 0.509 e. The van der Waals surface area contributed by atoms with Gasteiger partial charge in [0.05, 0.1) is 0 Å². The van der Waals surface area contributed by atoms with Crippen molar-refractivity contribution in [1.82, 2.24) is 0 Å². The number of nitrogens with zero attached hydrogens (tertiary/aromatic N) is 1. The van der Waals surface area contributed by atoms with Crippen LogP contribution in [-0.4, -0.2) is 20.6 Å². The number of rotatable bonds is 1. The van der Waals surface area contributed by atoms with Gasteiger partial charge in [0, 0.05) is 19.3 Å². The molecule has 0 spiro atoms. The summed E-state index contributed by atoms with van der Waals surface area (Å²) in [5.41, 5.74) is 1.23. The van der Waals surface area contributed by atoms with Gasteiger partial charge in [-0.25, -0.2) is 0 Å². The molecule has 0 saturated carbocycles. The van der Waals surface area contributed by atoms with Crippen molar-refractivity contribution in [2.45, 2.75) is 6.42 Å². The summed E-state index contributed by atoms with van der Waals surface area (Å²) in [5.74, 6) is 0. The Morgan fingerprint density at radius 3 is 2.64 bits per heavy atom. The zero-order valence-electron chi connectivity index (χ0n) is 7.80. The number of likely N-dealkylation sites (N-methyl/N-ethyl adjacent to an activating group) is 1. The van der Waals surface area contributed by atoms with E-state index >= 15 is 0 Å². The molecule has 5 heteroatoms. The van der Waals surface area contributed by atoms with Crippen LogP contribution in [0.2, 0.25) is 0 Å². The minimum Gasteiger partial charge on any atom is -0.445 e. The molecule has 0 bridgehead atoms. The van der Waals surface area contributed by atoms with Gasteiger partial charge < -0.3 is 17.8 Å². The van der Waals surface area contributed by atoms with Gasteiger partial charge in [-0.2, -0.15) is 0 Å². The van der Waals surface area contributed by atoms with E-state index in [-0.39, 0.29) is 0 Å². The molecular weight excluding hydrogens is 190 g/mol. The summed E-state index contributed by atoms with van der Waals surface area (Å²) in [7, 11) is 1.82. The molecule has 0 N–H and O–H groups in total. The summed E-state index contributed by atoms with van der Waals surface area (Å²) >= 11 is 0. The third-order valence-electron chi connectivity index (χ3n) is 2.62. The number of benzene rings is 1. The highest BCUT2D eigenvalue weighted by molar-refractivity contribution is 6.73. The first-order valence-electron chi connectivity index (χ1n) is 4.52. The van der Waals surface area contributed by atoms with Gasteiger partial charge >= 0.3 is 6.98 Å². The van der Waals surface area contributed by atoms with Crippen LogP contribution in [0.4, 0.5) is 18.6 Å². The van der Waals surface area contributed by atoms with Crippen LogP contribution in [0.25, 0.3) is 0 Å². The first-order valence-corrected chi connectivity index (χ1v) is 4.52. The maximum atomic E-state index is 12.4. The van der Waals surface area contributed by atoms with E-state index in [1.54, 1.807) is 6.07 Å². The molecule has 1 heterocycles. The van der Waals surface area contributed by atoms with E-state index in [2.05, 4.69) is 0 Å². The molecule has 0 atom stereocenters. The average Bonchev–Trinajstić information content (AvgIpc) is 2.46. The summed E-state index contributed by atoms with van der Waals surface area (Å²) in [5, 5.41) is 0. The second-order valence-electron chi connectivity index (χ2n) is 3.63. The standard InChI is InChI=1S/C9H10BF3N/c1-14-5-4-7-2-3-8(6-9(7)14)10(11,12)13/h2-3,6H,4-5H2,1H3/q-1. The molecule has 0 aliphatic carbocycles. The van der Waals surface area contributed by atoms with Gasteiger partial charge in [-0.05, 0) is 12.0 Å². The molecule has 1 aliphatic heterocycles. The Balaban J connectivity index is 2.45. The molecule has 1 aromatic rings. The molecule has 0 aromatic heterocycles. The van der Waals surface area contributed by atoms with E-state index < -0.39 is 12.4 Å². The van der Waals surface area contributed by atoms with Gasteiger partial charge in [-0.1, -0.05) is 18.2 Å². The highest BCUT2D eigenvalue weighted by atomic mass is 19.4. The summed E-state index contributed by atoms with van der Waals surface area (Å²) < 4.78 is 37.3. The van der Waals surface area contributed by atoms with Crippen LogP contribution in [0.15, 0.2) is 18.2 Å². The minimum absolute atomic E-state index is 0.502. The zero-order chi connectivity index (χ0) is 10.3.